The summed E-state index contributed by atoms with van der Waals surface area (Å²) in [6.45, 7) is 0. The standard InChI is InChI=1S/C26H19F4N3O2S/c27-24-2-1-3-25(32-24)33-36(34,35)19-6-9-20-17(14-19)4-7-21(20)22-8-5-18(26(28,29)30)15-23(22)16-10-12-31-13-11-16/h1-3,5-6,8-15,21H,4,7H2,(H,32,33)/t21-/m0/s1. The van der Waals surface area contributed by atoms with Gasteiger partial charge in [-0.15, -0.1) is 0 Å². The Morgan fingerprint density at radius 3 is 2.39 bits per heavy atom. The lowest BCUT2D eigenvalue weighted by Gasteiger charge is -2.19. The molecule has 2 aromatic carbocycles. The van der Waals surface area contributed by atoms with Crippen LogP contribution in [0.1, 0.15) is 34.6 Å². The average Bonchev–Trinajstić information content (AvgIpc) is 3.27. The fraction of sp³-hybridized carbons (Fsp3) is 0.154. The zero-order valence-electron chi connectivity index (χ0n) is 18.6. The van der Waals surface area contributed by atoms with E-state index in [0.29, 0.717) is 24.0 Å². The molecular formula is C26H19F4N3O2S. The predicted octanol–water partition coefficient (Wildman–Crippen LogP) is 6.18. The van der Waals surface area contributed by atoms with Gasteiger partial charge in [0.2, 0.25) is 5.95 Å². The Hall–Kier alpha value is -3.79. The number of benzene rings is 2. The van der Waals surface area contributed by atoms with Crippen LogP contribution in [0.3, 0.4) is 0 Å². The molecule has 0 bridgehead atoms. The van der Waals surface area contributed by atoms with Crippen LogP contribution in [0.5, 0.6) is 0 Å². The summed E-state index contributed by atoms with van der Waals surface area (Å²) in [7, 11) is -4.02. The number of pyridine rings is 2. The van der Waals surface area contributed by atoms with E-state index in [-0.39, 0.29) is 16.6 Å². The van der Waals surface area contributed by atoms with Crippen molar-refractivity contribution >= 4 is 15.8 Å². The molecule has 4 aromatic rings. The number of aromatic nitrogens is 2. The molecule has 0 radical (unpaired) electrons. The van der Waals surface area contributed by atoms with Crippen LogP contribution in [0.4, 0.5) is 23.4 Å². The SMILES string of the molecule is O=S(=O)(Nc1cccc(F)n1)c1ccc2c(c1)CC[C@@H]2c1ccc(C(F)(F)F)cc1-c1ccncc1. The summed E-state index contributed by atoms with van der Waals surface area (Å²) >= 11 is 0. The number of hydrogen-bond donors (Lipinski definition) is 1. The van der Waals surface area contributed by atoms with Crippen molar-refractivity contribution in [1.82, 2.24) is 9.97 Å². The number of nitrogens with zero attached hydrogens (tertiary/aromatic N) is 2. The van der Waals surface area contributed by atoms with E-state index in [1.807, 2.05) is 0 Å². The van der Waals surface area contributed by atoms with E-state index in [4.69, 9.17) is 0 Å². The zero-order chi connectivity index (χ0) is 25.5. The van der Waals surface area contributed by atoms with E-state index < -0.39 is 27.7 Å². The molecule has 0 amide bonds. The molecular weight excluding hydrogens is 494 g/mol. The summed E-state index contributed by atoms with van der Waals surface area (Å²) in [4.78, 5) is 7.49. The number of nitrogens with one attached hydrogen (secondary N) is 1. The van der Waals surface area contributed by atoms with E-state index in [1.165, 1.54) is 36.7 Å². The van der Waals surface area contributed by atoms with Gasteiger partial charge in [0.05, 0.1) is 10.5 Å². The second-order valence-electron chi connectivity index (χ2n) is 8.44. The third kappa shape index (κ3) is 4.68. The molecule has 1 N–H and O–H groups in total. The van der Waals surface area contributed by atoms with Crippen LogP contribution in [-0.2, 0) is 22.6 Å². The molecule has 2 aromatic heterocycles. The van der Waals surface area contributed by atoms with Gasteiger partial charge >= 0.3 is 6.18 Å². The van der Waals surface area contributed by atoms with Crippen molar-refractivity contribution in [2.45, 2.75) is 29.8 Å². The van der Waals surface area contributed by atoms with Crippen molar-refractivity contribution < 1.29 is 26.0 Å². The minimum Gasteiger partial charge on any atom is -0.265 e. The number of halogens is 4. The fourth-order valence-corrected chi connectivity index (χ4v) is 5.62. The minimum atomic E-state index is -4.49. The molecule has 0 unspecified atom stereocenters. The molecule has 1 aliphatic carbocycles. The second-order valence-corrected chi connectivity index (χ2v) is 10.1. The van der Waals surface area contributed by atoms with Gasteiger partial charge < -0.3 is 0 Å². The maximum Gasteiger partial charge on any atom is 0.416 e. The second kappa shape index (κ2) is 9.02. The maximum atomic E-state index is 13.5. The average molecular weight is 514 g/mol. The zero-order valence-corrected chi connectivity index (χ0v) is 19.4. The molecule has 2 heterocycles. The molecule has 5 nitrogen and oxygen atoms in total. The number of alkyl halides is 3. The largest absolute Gasteiger partial charge is 0.416 e. The van der Waals surface area contributed by atoms with Crippen molar-refractivity contribution in [1.29, 1.82) is 0 Å². The predicted molar refractivity (Wildman–Crippen MR) is 126 cm³/mol. The van der Waals surface area contributed by atoms with Crippen LogP contribution in [0.2, 0.25) is 0 Å². The van der Waals surface area contributed by atoms with E-state index in [0.717, 1.165) is 34.9 Å². The summed E-state index contributed by atoms with van der Waals surface area (Å²) in [6.07, 6.45) is -0.265. The molecule has 5 rings (SSSR count). The normalized spacial score (nSPS) is 15.5. The van der Waals surface area contributed by atoms with Gasteiger partial charge in [-0.3, -0.25) is 9.71 Å². The first-order valence-corrected chi connectivity index (χ1v) is 12.5. The van der Waals surface area contributed by atoms with Crippen molar-refractivity contribution in [3.8, 4) is 11.1 Å². The number of rotatable bonds is 5. The Balaban J connectivity index is 1.52. The molecule has 36 heavy (non-hydrogen) atoms. The van der Waals surface area contributed by atoms with Crippen LogP contribution < -0.4 is 4.72 Å². The van der Waals surface area contributed by atoms with Gasteiger partial charge in [-0.1, -0.05) is 18.2 Å². The first-order chi connectivity index (χ1) is 17.1. The van der Waals surface area contributed by atoms with E-state index in [9.17, 15) is 26.0 Å². The van der Waals surface area contributed by atoms with Gasteiger partial charge in [0.15, 0.2) is 0 Å². The molecule has 184 valence electrons. The highest BCUT2D eigenvalue weighted by atomic mass is 32.2. The van der Waals surface area contributed by atoms with Crippen LogP contribution in [0.25, 0.3) is 11.1 Å². The van der Waals surface area contributed by atoms with Crippen molar-refractivity contribution in [3.05, 3.63) is 107 Å². The van der Waals surface area contributed by atoms with Gasteiger partial charge in [0, 0.05) is 18.3 Å². The number of aryl methyl sites for hydroxylation is 1. The number of fused-ring (bicyclic) bond motifs is 1. The Labute approximate surface area is 204 Å². The van der Waals surface area contributed by atoms with Gasteiger partial charge in [-0.25, -0.2) is 13.4 Å². The third-order valence-electron chi connectivity index (χ3n) is 6.20. The monoisotopic (exact) mass is 513 g/mol. The number of sulfonamides is 1. The van der Waals surface area contributed by atoms with Crippen LogP contribution in [0, 0.1) is 5.95 Å². The van der Waals surface area contributed by atoms with E-state index in [1.54, 1.807) is 24.3 Å². The Morgan fingerprint density at radius 2 is 1.67 bits per heavy atom. The molecule has 1 atom stereocenters. The number of hydrogen-bond acceptors (Lipinski definition) is 4. The summed E-state index contributed by atoms with van der Waals surface area (Å²) in [5.74, 6) is -1.16. The first kappa shape index (κ1) is 23.9. The Morgan fingerprint density at radius 1 is 0.917 bits per heavy atom. The quantitative estimate of drug-likeness (QED) is 0.256. The molecule has 1 aliphatic rings. The molecule has 10 heteroatoms. The molecule has 0 fully saturated rings. The van der Waals surface area contributed by atoms with Crippen molar-refractivity contribution in [3.63, 3.8) is 0 Å². The smallest absolute Gasteiger partial charge is 0.265 e. The Bertz CT molecular complexity index is 1540. The van der Waals surface area contributed by atoms with E-state index >= 15 is 0 Å². The number of anilines is 1. The van der Waals surface area contributed by atoms with Crippen LogP contribution in [0.15, 0.2) is 84.0 Å². The molecule has 0 spiro atoms. The molecule has 0 saturated heterocycles. The summed E-state index contributed by atoms with van der Waals surface area (Å²) in [6, 6.07) is 15.5. The Kier molecular flexibility index (Phi) is 5.99. The third-order valence-corrected chi connectivity index (χ3v) is 7.56. The van der Waals surface area contributed by atoms with E-state index in [2.05, 4.69) is 14.7 Å². The van der Waals surface area contributed by atoms with Crippen LogP contribution >= 0.6 is 0 Å². The first-order valence-electron chi connectivity index (χ1n) is 11.0. The van der Waals surface area contributed by atoms with Gasteiger partial charge in [0.25, 0.3) is 10.0 Å². The summed E-state index contributed by atoms with van der Waals surface area (Å²) < 4.78 is 81.7. The van der Waals surface area contributed by atoms with Crippen molar-refractivity contribution in [2.24, 2.45) is 0 Å². The lowest BCUT2D eigenvalue weighted by molar-refractivity contribution is -0.137. The van der Waals surface area contributed by atoms with Gasteiger partial charge in [-0.2, -0.15) is 17.6 Å². The highest BCUT2D eigenvalue weighted by molar-refractivity contribution is 7.92. The van der Waals surface area contributed by atoms with Crippen molar-refractivity contribution in [2.75, 3.05) is 4.72 Å². The fourth-order valence-electron chi connectivity index (χ4n) is 4.56. The summed E-state index contributed by atoms with van der Waals surface area (Å²) in [5, 5.41) is 0. The minimum absolute atomic E-state index is 0.00487. The summed E-state index contributed by atoms with van der Waals surface area (Å²) in [5.41, 5.74) is 2.70. The topological polar surface area (TPSA) is 72.0 Å². The van der Waals surface area contributed by atoms with Gasteiger partial charge in [0.1, 0.15) is 5.82 Å². The van der Waals surface area contributed by atoms with Gasteiger partial charge in [-0.05, 0) is 89.2 Å². The lowest BCUT2D eigenvalue weighted by Crippen LogP contribution is -2.14. The van der Waals surface area contributed by atoms with Crippen LogP contribution in [-0.4, -0.2) is 18.4 Å². The highest BCUT2D eigenvalue weighted by Gasteiger charge is 2.33. The lowest BCUT2D eigenvalue weighted by atomic mass is 9.86. The maximum absolute atomic E-state index is 13.5. The highest BCUT2D eigenvalue weighted by Crippen LogP contribution is 2.44. The molecule has 0 aliphatic heterocycles. The molecule has 0 saturated carbocycles.